The molecule has 0 amide bonds. The van der Waals surface area contributed by atoms with Crippen LogP contribution in [-0.4, -0.2) is 19.8 Å². The van der Waals surface area contributed by atoms with Crippen molar-refractivity contribution in [2.24, 2.45) is 5.92 Å². The minimum atomic E-state index is -0.235. The lowest BCUT2D eigenvalue weighted by Gasteiger charge is -2.24. The molecule has 4 heteroatoms. The third-order valence-electron chi connectivity index (χ3n) is 2.76. The van der Waals surface area contributed by atoms with E-state index in [1.165, 1.54) is 6.07 Å². The number of aryl methyl sites for hydroxylation is 1. The zero-order valence-electron chi connectivity index (χ0n) is 10.7. The lowest BCUT2D eigenvalue weighted by molar-refractivity contribution is 0.171. The molecule has 1 aromatic rings. The molecule has 0 fully saturated rings. The summed E-state index contributed by atoms with van der Waals surface area (Å²) in [4.78, 5) is 0. The summed E-state index contributed by atoms with van der Waals surface area (Å²) in [5, 5.41) is 3.39. The molecule has 0 aliphatic rings. The van der Waals surface area contributed by atoms with Crippen molar-refractivity contribution in [2.45, 2.75) is 26.8 Å². The maximum atomic E-state index is 13.3. The van der Waals surface area contributed by atoms with Crippen LogP contribution in [0.2, 0.25) is 0 Å². The first kappa shape index (κ1) is 14.5. The van der Waals surface area contributed by atoms with Crippen molar-refractivity contribution >= 4 is 21.6 Å². The maximum Gasteiger partial charge on any atom is 0.137 e. The van der Waals surface area contributed by atoms with Gasteiger partial charge in [-0.05, 0) is 46.5 Å². The van der Waals surface area contributed by atoms with Crippen molar-refractivity contribution in [1.29, 1.82) is 0 Å². The summed E-state index contributed by atoms with van der Waals surface area (Å²) < 4.78 is 19.0. The van der Waals surface area contributed by atoms with E-state index in [0.717, 1.165) is 11.3 Å². The van der Waals surface area contributed by atoms with E-state index < -0.39 is 0 Å². The number of hydrogen-bond donors (Lipinski definition) is 1. The van der Waals surface area contributed by atoms with Gasteiger partial charge in [-0.15, -0.1) is 0 Å². The molecule has 96 valence electrons. The number of methoxy groups -OCH3 is 1. The number of rotatable bonds is 5. The molecule has 2 nitrogen and oxygen atoms in total. The van der Waals surface area contributed by atoms with Gasteiger partial charge in [0.1, 0.15) is 5.82 Å². The largest absolute Gasteiger partial charge is 0.383 e. The smallest absolute Gasteiger partial charge is 0.137 e. The molecule has 0 saturated heterocycles. The van der Waals surface area contributed by atoms with E-state index in [1.54, 1.807) is 13.2 Å². The molecular formula is C13H19BrFNO. The Morgan fingerprint density at radius 3 is 2.59 bits per heavy atom. The highest BCUT2D eigenvalue weighted by Crippen LogP contribution is 2.25. The van der Waals surface area contributed by atoms with Crippen LogP contribution in [-0.2, 0) is 4.74 Å². The number of anilines is 1. The molecule has 1 atom stereocenters. The van der Waals surface area contributed by atoms with E-state index in [-0.39, 0.29) is 11.9 Å². The number of halogens is 2. The predicted octanol–water partition coefficient (Wildman–Crippen LogP) is 3.98. The van der Waals surface area contributed by atoms with E-state index in [9.17, 15) is 4.39 Å². The highest BCUT2D eigenvalue weighted by atomic mass is 79.9. The van der Waals surface area contributed by atoms with Crippen molar-refractivity contribution in [2.75, 3.05) is 19.0 Å². The SMILES string of the molecule is COCC(Nc1cc(Br)c(F)cc1C)C(C)C. The van der Waals surface area contributed by atoms with Crippen molar-refractivity contribution in [3.63, 3.8) is 0 Å². The van der Waals surface area contributed by atoms with Crippen LogP contribution in [0, 0.1) is 18.7 Å². The Hall–Kier alpha value is -0.610. The second-order valence-corrected chi connectivity index (χ2v) is 5.39. The van der Waals surface area contributed by atoms with Crippen LogP contribution < -0.4 is 5.32 Å². The fraction of sp³-hybridized carbons (Fsp3) is 0.538. The minimum absolute atomic E-state index is 0.219. The molecule has 0 aliphatic carbocycles. The molecule has 0 aromatic heterocycles. The molecule has 0 spiro atoms. The number of benzene rings is 1. The van der Waals surface area contributed by atoms with Gasteiger partial charge in [-0.3, -0.25) is 0 Å². The first-order valence-electron chi connectivity index (χ1n) is 5.66. The summed E-state index contributed by atoms with van der Waals surface area (Å²) in [6.45, 7) is 6.78. The first-order chi connectivity index (χ1) is 7.95. The van der Waals surface area contributed by atoms with Gasteiger partial charge >= 0.3 is 0 Å². The average Bonchev–Trinajstić information content (AvgIpc) is 2.24. The van der Waals surface area contributed by atoms with Crippen LogP contribution in [0.25, 0.3) is 0 Å². The summed E-state index contributed by atoms with van der Waals surface area (Å²) >= 11 is 3.20. The summed E-state index contributed by atoms with van der Waals surface area (Å²) in [5.74, 6) is 0.207. The molecule has 0 aliphatic heterocycles. The molecule has 1 unspecified atom stereocenters. The van der Waals surface area contributed by atoms with Crippen LogP contribution in [0.5, 0.6) is 0 Å². The summed E-state index contributed by atoms with van der Waals surface area (Å²) in [7, 11) is 1.69. The number of ether oxygens (including phenoxy) is 1. The van der Waals surface area contributed by atoms with Gasteiger partial charge in [0.15, 0.2) is 0 Å². The number of hydrogen-bond acceptors (Lipinski definition) is 2. The highest BCUT2D eigenvalue weighted by molar-refractivity contribution is 9.10. The minimum Gasteiger partial charge on any atom is -0.383 e. The third kappa shape index (κ3) is 3.96. The lowest BCUT2D eigenvalue weighted by Crippen LogP contribution is -2.30. The van der Waals surface area contributed by atoms with E-state index >= 15 is 0 Å². The Bertz CT molecular complexity index is 382. The van der Waals surface area contributed by atoms with E-state index in [0.29, 0.717) is 17.0 Å². The van der Waals surface area contributed by atoms with Gasteiger partial charge < -0.3 is 10.1 Å². The predicted molar refractivity (Wildman–Crippen MR) is 73.0 cm³/mol. The molecule has 1 N–H and O–H groups in total. The Balaban J connectivity index is 2.89. The van der Waals surface area contributed by atoms with Crippen LogP contribution in [0.4, 0.5) is 10.1 Å². The second-order valence-electron chi connectivity index (χ2n) is 4.53. The molecule has 0 bridgehead atoms. The van der Waals surface area contributed by atoms with Gasteiger partial charge in [0.05, 0.1) is 17.1 Å². The zero-order valence-corrected chi connectivity index (χ0v) is 12.3. The quantitative estimate of drug-likeness (QED) is 0.888. The fourth-order valence-corrected chi connectivity index (χ4v) is 1.93. The maximum absolute atomic E-state index is 13.3. The summed E-state index contributed by atoms with van der Waals surface area (Å²) in [6.07, 6.45) is 0. The molecule has 17 heavy (non-hydrogen) atoms. The average molecular weight is 304 g/mol. The summed E-state index contributed by atoms with van der Waals surface area (Å²) in [6, 6.07) is 3.52. The Labute approximate surface area is 111 Å². The Morgan fingerprint density at radius 2 is 2.06 bits per heavy atom. The van der Waals surface area contributed by atoms with Crippen molar-refractivity contribution in [3.05, 3.63) is 28.0 Å². The molecule has 0 radical (unpaired) electrons. The monoisotopic (exact) mass is 303 g/mol. The van der Waals surface area contributed by atoms with Crippen LogP contribution in [0.1, 0.15) is 19.4 Å². The van der Waals surface area contributed by atoms with Crippen molar-refractivity contribution in [3.8, 4) is 0 Å². The van der Waals surface area contributed by atoms with Gasteiger partial charge in [-0.2, -0.15) is 0 Å². The topological polar surface area (TPSA) is 21.3 Å². The molecular weight excluding hydrogens is 285 g/mol. The van der Waals surface area contributed by atoms with E-state index in [1.807, 2.05) is 6.92 Å². The van der Waals surface area contributed by atoms with Gasteiger partial charge in [-0.1, -0.05) is 13.8 Å². The third-order valence-corrected chi connectivity index (χ3v) is 3.37. The molecule has 1 rings (SSSR count). The zero-order chi connectivity index (χ0) is 13.0. The first-order valence-corrected chi connectivity index (χ1v) is 6.46. The van der Waals surface area contributed by atoms with Crippen molar-refractivity contribution < 1.29 is 9.13 Å². The van der Waals surface area contributed by atoms with Crippen LogP contribution in [0.3, 0.4) is 0 Å². The van der Waals surface area contributed by atoms with Crippen LogP contribution >= 0.6 is 15.9 Å². The van der Waals surface area contributed by atoms with Crippen molar-refractivity contribution in [1.82, 2.24) is 0 Å². The number of nitrogens with one attached hydrogen (secondary N) is 1. The fourth-order valence-electron chi connectivity index (χ4n) is 1.58. The van der Waals surface area contributed by atoms with E-state index in [2.05, 4.69) is 35.1 Å². The Morgan fingerprint density at radius 1 is 1.41 bits per heavy atom. The van der Waals surface area contributed by atoms with Crippen LogP contribution in [0.15, 0.2) is 16.6 Å². The van der Waals surface area contributed by atoms with Gasteiger partial charge in [-0.25, -0.2) is 4.39 Å². The Kier molecular flexibility index (Phi) is 5.40. The lowest BCUT2D eigenvalue weighted by atomic mass is 10.0. The van der Waals surface area contributed by atoms with Gasteiger partial charge in [0, 0.05) is 12.8 Å². The highest BCUT2D eigenvalue weighted by Gasteiger charge is 2.14. The van der Waals surface area contributed by atoms with E-state index in [4.69, 9.17) is 4.74 Å². The summed E-state index contributed by atoms with van der Waals surface area (Å²) in [5.41, 5.74) is 1.83. The standard InChI is InChI=1S/C13H19BrFNO/c1-8(2)13(7-17-4)16-12-6-10(14)11(15)5-9(12)3/h5-6,8,13,16H,7H2,1-4H3. The molecule has 0 saturated carbocycles. The second kappa shape index (κ2) is 6.36. The van der Waals surface area contributed by atoms with Gasteiger partial charge in [0.2, 0.25) is 0 Å². The molecule has 1 aromatic carbocycles. The normalized spacial score (nSPS) is 12.9. The molecule has 0 heterocycles. The van der Waals surface area contributed by atoms with Gasteiger partial charge in [0.25, 0.3) is 0 Å².